The summed E-state index contributed by atoms with van der Waals surface area (Å²) in [6.45, 7) is 3.98. The maximum atomic E-state index is 12.5. The standard InChI is InChI=1S/C15H18N2O2S2/c1-10(13-5-4-8-20-13)17(3)15(19)14-7-6-12(21-14)9-16-11(2)18/h4-8,10H,9H2,1-3H3,(H,16,18). The summed E-state index contributed by atoms with van der Waals surface area (Å²) in [5, 5.41) is 4.75. The number of hydrogen-bond donors (Lipinski definition) is 1. The Morgan fingerprint density at radius 2 is 2.10 bits per heavy atom. The quantitative estimate of drug-likeness (QED) is 0.918. The molecule has 2 aromatic rings. The van der Waals surface area contributed by atoms with Gasteiger partial charge in [0, 0.05) is 23.7 Å². The monoisotopic (exact) mass is 322 g/mol. The van der Waals surface area contributed by atoms with Crippen molar-refractivity contribution >= 4 is 34.5 Å². The highest BCUT2D eigenvalue weighted by Crippen LogP contribution is 2.26. The molecule has 2 amide bonds. The van der Waals surface area contributed by atoms with Crippen LogP contribution >= 0.6 is 22.7 Å². The summed E-state index contributed by atoms with van der Waals surface area (Å²) in [6.07, 6.45) is 0. The van der Waals surface area contributed by atoms with Crippen molar-refractivity contribution in [3.05, 3.63) is 44.3 Å². The summed E-state index contributed by atoms with van der Waals surface area (Å²) >= 11 is 3.07. The van der Waals surface area contributed by atoms with Crippen LogP contribution in [0.1, 0.15) is 39.3 Å². The molecule has 1 unspecified atom stereocenters. The van der Waals surface area contributed by atoms with Gasteiger partial charge in [-0.2, -0.15) is 0 Å². The molecule has 112 valence electrons. The highest BCUT2D eigenvalue weighted by atomic mass is 32.1. The fourth-order valence-electron chi connectivity index (χ4n) is 1.87. The van der Waals surface area contributed by atoms with Crippen LogP contribution in [0.3, 0.4) is 0 Å². The smallest absolute Gasteiger partial charge is 0.264 e. The van der Waals surface area contributed by atoms with Crippen LogP contribution in [-0.4, -0.2) is 23.8 Å². The van der Waals surface area contributed by atoms with Crippen molar-refractivity contribution in [3.63, 3.8) is 0 Å². The van der Waals surface area contributed by atoms with Gasteiger partial charge in [-0.05, 0) is 30.5 Å². The van der Waals surface area contributed by atoms with Crippen LogP contribution < -0.4 is 5.32 Å². The predicted octanol–water partition coefficient (Wildman–Crippen LogP) is 3.28. The van der Waals surface area contributed by atoms with Crippen LogP contribution in [-0.2, 0) is 11.3 Å². The summed E-state index contributed by atoms with van der Waals surface area (Å²) in [4.78, 5) is 28.0. The number of hydrogen-bond acceptors (Lipinski definition) is 4. The van der Waals surface area contributed by atoms with E-state index in [0.717, 1.165) is 4.88 Å². The lowest BCUT2D eigenvalue weighted by molar-refractivity contribution is -0.119. The van der Waals surface area contributed by atoms with Crippen molar-refractivity contribution in [2.24, 2.45) is 0 Å². The molecule has 6 heteroatoms. The van der Waals surface area contributed by atoms with Crippen molar-refractivity contribution in [2.45, 2.75) is 26.4 Å². The third-order valence-electron chi connectivity index (χ3n) is 3.24. The van der Waals surface area contributed by atoms with Gasteiger partial charge in [-0.15, -0.1) is 22.7 Å². The Balaban J connectivity index is 2.04. The van der Waals surface area contributed by atoms with Crippen molar-refractivity contribution in [1.29, 1.82) is 0 Å². The highest BCUT2D eigenvalue weighted by molar-refractivity contribution is 7.14. The molecule has 0 saturated heterocycles. The summed E-state index contributed by atoms with van der Waals surface area (Å²) in [7, 11) is 1.82. The van der Waals surface area contributed by atoms with E-state index < -0.39 is 0 Å². The lowest BCUT2D eigenvalue weighted by Crippen LogP contribution is -2.28. The molecule has 2 aromatic heterocycles. The van der Waals surface area contributed by atoms with Crippen LogP contribution in [0.25, 0.3) is 0 Å². The average Bonchev–Trinajstić information content (AvgIpc) is 3.13. The number of nitrogens with zero attached hydrogens (tertiary/aromatic N) is 1. The highest BCUT2D eigenvalue weighted by Gasteiger charge is 2.20. The van der Waals surface area contributed by atoms with Gasteiger partial charge in [0.05, 0.1) is 17.5 Å². The minimum atomic E-state index is -0.0697. The van der Waals surface area contributed by atoms with E-state index in [1.54, 1.807) is 16.2 Å². The number of carbonyl (C=O) groups excluding carboxylic acids is 2. The minimum Gasteiger partial charge on any atom is -0.351 e. The van der Waals surface area contributed by atoms with Crippen LogP contribution in [0, 0.1) is 0 Å². The summed E-state index contributed by atoms with van der Waals surface area (Å²) in [6, 6.07) is 7.79. The predicted molar refractivity (Wildman–Crippen MR) is 86.7 cm³/mol. The molecule has 0 saturated carbocycles. The SMILES string of the molecule is CC(=O)NCc1ccc(C(=O)N(C)C(C)c2cccs2)s1. The van der Waals surface area contributed by atoms with E-state index in [0.29, 0.717) is 11.4 Å². The molecule has 0 fully saturated rings. The molecule has 0 aromatic carbocycles. The number of rotatable bonds is 5. The van der Waals surface area contributed by atoms with Gasteiger partial charge in [-0.3, -0.25) is 9.59 Å². The lowest BCUT2D eigenvalue weighted by atomic mass is 10.2. The van der Waals surface area contributed by atoms with Gasteiger partial charge >= 0.3 is 0 Å². The van der Waals surface area contributed by atoms with Crippen molar-refractivity contribution in [2.75, 3.05) is 7.05 Å². The number of carbonyl (C=O) groups is 2. The van der Waals surface area contributed by atoms with Gasteiger partial charge < -0.3 is 10.2 Å². The summed E-state index contributed by atoms with van der Waals surface area (Å²) in [5.74, 6) is -0.0605. The van der Waals surface area contributed by atoms with Gasteiger partial charge in [0.1, 0.15) is 0 Å². The molecule has 1 N–H and O–H groups in total. The second-order valence-corrected chi connectivity index (χ2v) is 6.93. The molecule has 0 radical (unpaired) electrons. The third-order valence-corrected chi connectivity index (χ3v) is 5.36. The van der Waals surface area contributed by atoms with Gasteiger partial charge in [-0.1, -0.05) is 6.07 Å². The number of thiophene rings is 2. The van der Waals surface area contributed by atoms with Crippen LogP contribution in [0.2, 0.25) is 0 Å². The Bertz CT molecular complexity index is 619. The first-order valence-electron chi connectivity index (χ1n) is 6.62. The normalized spacial score (nSPS) is 12.0. The zero-order valence-electron chi connectivity index (χ0n) is 12.3. The molecular weight excluding hydrogens is 304 g/mol. The molecule has 2 heterocycles. The number of nitrogens with one attached hydrogen (secondary N) is 1. The Hall–Kier alpha value is -1.66. The Morgan fingerprint density at radius 3 is 2.71 bits per heavy atom. The Morgan fingerprint density at radius 1 is 1.33 bits per heavy atom. The molecule has 2 rings (SSSR count). The van der Waals surface area contributed by atoms with E-state index in [4.69, 9.17) is 0 Å². The Labute approximate surface area is 132 Å². The average molecular weight is 322 g/mol. The molecule has 0 aliphatic rings. The molecule has 0 aliphatic heterocycles. The first-order valence-corrected chi connectivity index (χ1v) is 8.32. The fourth-order valence-corrected chi connectivity index (χ4v) is 3.63. The van der Waals surface area contributed by atoms with Crippen LogP contribution in [0.4, 0.5) is 0 Å². The molecule has 0 aliphatic carbocycles. The van der Waals surface area contributed by atoms with E-state index in [9.17, 15) is 9.59 Å². The molecule has 0 spiro atoms. The second kappa shape index (κ2) is 6.87. The molecule has 1 atom stereocenters. The zero-order chi connectivity index (χ0) is 15.4. The minimum absolute atomic E-state index is 0.00924. The van der Waals surface area contributed by atoms with E-state index in [-0.39, 0.29) is 17.9 Å². The van der Waals surface area contributed by atoms with E-state index in [2.05, 4.69) is 5.32 Å². The molecule has 0 bridgehead atoms. The summed E-state index contributed by atoms with van der Waals surface area (Å²) < 4.78 is 0. The third kappa shape index (κ3) is 3.92. The maximum absolute atomic E-state index is 12.5. The van der Waals surface area contributed by atoms with Crippen molar-refractivity contribution in [1.82, 2.24) is 10.2 Å². The molecule has 21 heavy (non-hydrogen) atoms. The van der Waals surface area contributed by atoms with Crippen LogP contribution in [0.5, 0.6) is 0 Å². The summed E-state index contributed by atoms with van der Waals surface area (Å²) in [5.41, 5.74) is 0. The van der Waals surface area contributed by atoms with E-state index >= 15 is 0 Å². The molecular formula is C15H18N2O2S2. The topological polar surface area (TPSA) is 49.4 Å². The van der Waals surface area contributed by atoms with Crippen LogP contribution in [0.15, 0.2) is 29.6 Å². The van der Waals surface area contributed by atoms with Crippen molar-refractivity contribution in [3.8, 4) is 0 Å². The second-order valence-electron chi connectivity index (χ2n) is 4.78. The maximum Gasteiger partial charge on any atom is 0.264 e. The van der Waals surface area contributed by atoms with Gasteiger partial charge in [0.2, 0.25) is 5.91 Å². The first-order chi connectivity index (χ1) is 9.99. The fraction of sp³-hybridized carbons (Fsp3) is 0.333. The lowest BCUT2D eigenvalue weighted by Gasteiger charge is -2.23. The molecule has 4 nitrogen and oxygen atoms in total. The van der Waals surface area contributed by atoms with Gasteiger partial charge in [0.15, 0.2) is 0 Å². The Kier molecular flexibility index (Phi) is 5.14. The van der Waals surface area contributed by atoms with E-state index in [1.807, 2.05) is 43.6 Å². The number of amides is 2. The largest absolute Gasteiger partial charge is 0.351 e. The van der Waals surface area contributed by atoms with E-state index in [1.165, 1.54) is 23.1 Å². The first kappa shape index (κ1) is 15.7. The van der Waals surface area contributed by atoms with Crippen molar-refractivity contribution < 1.29 is 9.59 Å². The zero-order valence-corrected chi connectivity index (χ0v) is 13.9. The van der Waals surface area contributed by atoms with Gasteiger partial charge in [0.25, 0.3) is 5.91 Å². The van der Waals surface area contributed by atoms with Gasteiger partial charge in [-0.25, -0.2) is 0 Å².